The van der Waals surface area contributed by atoms with Gasteiger partial charge >= 0.3 is 6.03 Å². The Balaban J connectivity index is 2.01. The zero-order chi connectivity index (χ0) is 23.3. The van der Waals surface area contributed by atoms with E-state index in [1.807, 2.05) is 38.1 Å². The number of rotatable bonds is 7. The summed E-state index contributed by atoms with van der Waals surface area (Å²) in [7, 11) is 0. The highest BCUT2D eigenvalue weighted by Crippen LogP contribution is 2.34. The second-order valence-electron chi connectivity index (χ2n) is 8.11. The minimum absolute atomic E-state index is 0.239. The second kappa shape index (κ2) is 10.5. The van der Waals surface area contributed by atoms with Crippen LogP contribution in [0.4, 0.5) is 21.9 Å². The number of benzene rings is 2. The van der Waals surface area contributed by atoms with Crippen molar-refractivity contribution in [3.8, 4) is 0 Å². The van der Waals surface area contributed by atoms with Gasteiger partial charge in [0, 0.05) is 28.8 Å². The van der Waals surface area contributed by atoms with E-state index in [-0.39, 0.29) is 6.03 Å². The third kappa shape index (κ3) is 5.22. The van der Waals surface area contributed by atoms with E-state index in [9.17, 15) is 4.79 Å². The first-order chi connectivity index (χ1) is 15.3. The van der Waals surface area contributed by atoms with E-state index in [1.165, 1.54) is 5.56 Å². The van der Waals surface area contributed by atoms with Gasteiger partial charge in [0.05, 0.1) is 12.2 Å². The molecule has 168 valence electrons. The van der Waals surface area contributed by atoms with E-state index < -0.39 is 0 Å². The highest BCUT2D eigenvalue weighted by atomic mass is 35.5. The summed E-state index contributed by atoms with van der Waals surface area (Å²) in [5.74, 6) is 0.415. The molecular weight excluding hydrogens is 420 g/mol. The number of nitrogens with zero attached hydrogens (tertiary/aromatic N) is 2. The molecule has 5 nitrogen and oxygen atoms in total. The molecule has 0 unspecified atom stereocenters. The topological polar surface area (TPSA) is 71.2 Å². The van der Waals surface area contributed by atoms with Crippen LogP contribution in [-0.2, 0) is 19.4 Å². The monoisotopic (exact) mass is 450 g/mol. The summed E-state index contributed by atoms with van der Waals surface area (Å²) in [4.78, 5) is 19.5. The Morgan fingerprint density at radius 3 is 2.38 bits per heavy atom. The number of carbonyl (C=O) groups excluding carboxylic acids is 1. The first-order valence-electron chi connectivity index (χ1n) is 11.0. The summed E-state index contributed by atoms with van der Waals surface area (Å²) in [6.07, 6.45) is 4.88. The van der Waals surface area contributed by atoms with Gasteiger partial charge in [-0.25, -0.2) is 4.79 Å². The molecule has 0 atom stereocenters. The summed E-state index contributed by atoms with van der Waals surface area (Å²) in [5.41, 5.74) is 12.3. The zero-order valence-electron chi connectivity index (χ0n) is 19.2. The first kappa shape index (κ1) is 23.6. The highest BCUT2D eigenvalue weighted by Gasteiger charge is 2.21. The van der Waals surface area contributed by atoms with Crippen LogP contribution in [0, 0.1) is 0 Å². The van der Waals surface area contributed by atoms with Gasteiger partial charge in [-0.05, 0) is 65.3 Å². The molecule has 0 spiro atoms. The number of nitrogens with one attached hydrogen (secondary N) is 1. The molecule has 0 radical (unpaired) electrons. The molecule has 32 heavy (non-hydrogen) atoms. The normalized spacial score (nSPS) is 10.9. The number of anilines is 3. The number of amides is 2. The molecule has 0 aliphatic rings. The summed E-state index contributed by atoms with van der Waals surface area (Å²) in [6, 6.07) is 13.5. The zero-order valence-corrected chi connectivity index (χ0v) is 19.9. The van der Waals surface area contributed by atoms with Gasteiger partial charge in [0.2, 0.25) is 0 Å². The number of carbonyl (C=O) groups is 1. The van der Waals surface area contributed by atoms with Crippen molar-refractivity contribution in [1.29, 1.82) is 0 Å². The molecule has 2 amide bonds. The second-order valence-corrected chi connectivity index (χ2v) is 8.52. The maximum atomic E-state index is 13.6. The van der Waals surface area contributed by atoms with Crippen LogP contribution in [0.3, 0.4) is 0 Å². The van der Waals surface area contributed by atoms with E-state index in [4.69, 9.17) is 17.3 Å². The van der Waals surface area contributed by atoms with Crippen molar-refractivity contribution in [2.45, 2.75) is 53.0 Å². The molecule has 0 fully saturated rings. The van der Waals surface area contributed by atoms with Crippen LogP contribution in [-0.4, -0.2) is 11.0 Å². The fourth-order valence-electron chi connectivity index (χ4n) is 3.80. The fraction of sp³-hybridized carbons (Fsp3) is 0.308. The molecule has 2 aromatic carbocycles. The van der Waals surface area contributed by atoms with Crippen molar-refractivity contribution >= 4 is 34.7 Å². The standard InChI is InChI=1S/C26H31ClN4O/c1-5-21-23(27)14-24(28)22(6-2)25(21)30-26(32)31(16-18-8-7-13-29-15-18)20-11-9-19(10-12-20)17(3)4/h7-15,17H,5-6,16,28H2,1-4H3,(H,30,32). The average molecular weight is 451 g/mol. The third-order valence-electron chi connectivity index (χ3n) is 5.64. The van der Waals surface area contributed by atoms with Crippen molar-refractivity contribution < 1.29 is 4.79 Å². The largest absolute Gasteiger partial charge is 0.398 e. The Hall–Kier alpha value is -3.05. The molecule has 6 heteroatoms. The number of hydrogen-bond acceptors (Lipinski definition) is 3. The van der Waals surface area contributed by atoms with E-state index >= 15 is 0 Å². The van der Waals surface area contributed by atoms with Crippen LogP contribution in [0.1, 0.15) is 55.9 Å². The quantitative estimate of drug-likeness (QED) is 0.388. The van der Waals surface area contributed by atoms with E-state index in [2.05, 4.69) is 36.3 Å². The summed E-state index contributed by atoms with van der Waals surface area (Å²) < 4.78 is 0. The lowest BCUT2D eigenvalue weighted by atomic mass is 10.0. The van der Waals surface area contributed by atoms with Crippen LogP contribution in [0.2, 0.25) is 5.02 Å². The molecule has 0 saturated carbocycles. The van der Waals surface area contributed by atoms with Crippen LogP contribution in [0.5, 0.6) is 0 Å². The molecular formula is C26H31ClN4O. The predicted octanol–water partition coefficient (Wildman–Crippen LogP) is 6.80. The average Bonchev–Trinajstić information content (AvgIpc) is 2.78. The highest BCUT2D eigenvalue weighted by molar-refractivity contribution is 6.32. The number of aromatic nitrogens is 1. The Bertz CT molecular complexity index is 1040. The number of nitrogens with two attached hydrogens (primary N) is 1. The van der Waals surface area contributed by atoms with Gasteiger partial charge in [-0.15, -0.1) is 0 Å². The maximum absolute atomic E-state index is 13.6. The number of halogens is 1. The molecule has 0 bridgehead atoms. The number of nitrogen functional groups attached to an aromatic ring is 1. The molecule has 3 N–H and O–H groups in total. The van der Waals surface area contributed by atoms with Crippen molar-refractivity contribution in [2.24, 2.45) is 0 Å². The predicted molar refractivity (Wildman–Crippen MR) is 135 cm³/mol. The Labute approximate surface area is 195 Å². The summed E-state index contributed by atoms with van der Waals surface area (Å²) >= 11 is 6.47. The summed E-state index contributed by atoms with van der Waals surface area (Å²) in [5, 5.41) is 3.69. The maximum Gasteiger partial charge on any atom is 0.326 e. The van der Waals surface area contributed by atoms with E-state index in [0.717, 1.165) is 22.4 Å². The van der Waals surface area contributed by atoms with Gasteiger partial charge in [0.15, 0.2) is 0 Å². The van der Waals surface area contributed by atoms with Gasteiger partial charge < -0.3 is 11.1 Å². The van der Waals surface area contributed by atoms with Gasteiger partial charge in [-0.1, -0.05) is 57.5 Å². The lowest BCUT2D eigenvalue weighted by Gasteiger charge is -2.26. The van der Waals surface area contributed by atoms with Crippen LogP contribution in [0.15, 0.2) is 54.9 Å². The van der Waals surface area contributed by atoms with Gasteiger partial charge in [-0.3, -0.25) is 9.88 Å². The first-order valence-corrected chi connectivity index (χ1v) is 11.4. The number of hydrogen-bond donors (Lipinski definition) is 2. The Kier molecular flexibility index (Phi) is 7.75. The number of urea groups is 1. The van der Waals surface area contributed by atoms with E-state index in [1.54, 1.807) is 23.4 Å². The molecule has 1 aromatic heterocycles. The van der Waals surface area contributed by atoms with Crippen LogP contribution >= 0.6 is 11.6 Å². The SMILES string of the molecule is CCc1c(N)cc(Cl)c(CC)c1NC(=O)N(Cc1cccnc1)c1ccc(C(C)C)cc1. The summed E-state index contributed by atoms with van der Waals surface area (Å²) in [6.45, 7) is 8.73. The molecule has 3 rings (SSSR count). The lowest BCUT2D eigenvalue weighted by molar-refractivity contribution is 0.256. The Morgan fingerprint density at radius 1 is 1.12 bits per heavy atom. The fourth-order valence-corrected chi connectivity index (χ4v) is 4.15. The third-order valence-corrected chi connectivity index (χ3v) is 5.98. The molecule has 0 aliphatic heterocycles. The number of pyridine rings is 1. The van der Waals surface area contributed by atoms with Gasteiger partial charge in [0.25, 0.3) is 0 Å². The van der Waals surface area contributed by atoms with Crippen LogP contribution in [0.25, 0.3) is 0 Å². The van der Waals surface area contributed by atoms with Crippen molar-refractivity contribution in [3.05, 3.63) is 82.1 Å². The Morgan fingerprint density at radius 2 is 1.81 bits per heavy atom. The van der Waals surface area contributed by atoms with Crippen molar-refractivity contribution in [3.63, 3.8) is 0 Å². The molecule has 3 aromatic rings. The van der Waals surface area contributed by atoms with Crippen molar-refractivity contribution in [2.75, 3.05) is 16.0 Å². The van der Waals surface area contributed by atoms with Crippen LogP contribution < -0.4 is 16.0 Å². The molecule has 1 heterocycles. The molecule has 0 aliphatic carbocycles. The lowest BCUT2D eigenvalue weighted by Crippen LogP contribution is -2.35. The molecule has 0 saturated heterocycles. The van der Waals surface area contributed by atoms with E-state index in [0.29, 0.717) is 41.7 Å². The minimum Gasteiger partial charge on any atom is -0.398 e. The van der Waals surface area contributed by atoms with Gasteiger partial charge in [-0.2, -0.15) is 0 Å². The smallest absolute Gasteiger partial charge is 0.326 e. The van der Waals surface area contributed by atoms with Crippen molar-refractivity contribution in [1.82, 2.24) is 4.98 Å². The minimum atomic E-state index is -0.239. The van der Waals surface area contributed by atoms with Gasteiger partial charge in [0.1, 0.15) is 0 Å².